The Kier molecular flexibility index (Phi) is 3.28. The SMILES string of the molecule is Cc1cc(CNc2cnn(C)c(=O)c2Br)no1. The predicted octanol–water partition coefficient (Wildman–Crippen LogP) is 1.45. The minimum absolute atomic E-state index is 0.189. The van der Waals surface area contributed by atoms with Crippen LogP contribution in [-0.2, 0) is 13.6 Å². The first kappa shape index (κ1) is 11.8. The third-order valence-electron chi connectivity index (χ3n) is 2.21. The lowest BCUT2D eigenvalue weighted by Gasteiger charge is -2.06. The minimum Gasteiger partial charge on any atom is -0.377 e. The fraction of sp³-hybridized carbons (Fsp3) is 0.300. The molecule has 2 aromatic rings. The molecule has 0 fully saturated rings. The van der Waals surface area contributed by atoms with Crippen molar-refractivity contribution < 1.29 is 4.52 Å². The lowest BCUT2D eigenvalue weighted by atomic mass is 10.3. The van der Waals surface area contributed by atoms with Crippen LogP contribution in [0.3, 0.4) is 0 Å². The monoisotopic (exact) mass is 298 g/mol. The average molecular weight is 299 g/mol. The molecule has 2 aromatic heterocycles. The molecule has 1 N–H and O–H groups in total. The highest BCUT2D eigenvalue weighted by molar-refractivity contribution is 9.10. The van der Waals surface area contributed by atoms with Crippen molar-refractivity contribution in [1.29, 1.82) is 0 Å². The van der Waals surface area contributed by atoms with E-state index in [1.54, 1.807) is 13.2 Å². The Morgan fingerprint density at radius 2 is 2.35 bits per heavy atom. The first-order valence-electron chi connectivity index (χ1n) is 4.96. The number of hydrogen-bond donors (Lipinski definition) is 1. The average Bonchev–Trinajstić information content (AvgIpc) is 2.71. The summed E-state index contributed by atoms with van der Waals surface area (Å²) in [5.41, 5.74) is 1.22. The van der Waals surface area contributed by atoms with Crippen molar-refractivity contribution in [3.63, 3.8) is 0 Å². The molecule has 0 aliphatic heterocycles. The van der Waals surface area contributed by atoms with Crippen molar-refractivity contribution >= 4 is 21.6 Å². The van der Waals surface area contributed by atoms with Crippen LogP contribution in [-0.4, -0.2) is 14.9 Å². The normalized spacial score (nSPS) is 10.5. The maximum absolute atomic E-state index is 11.6. The van der Waals surface area contributed by atoms with Gasteiger partial charge in [0.15, 0.2) is 0 Å². The van der Waals surface area contributed by atoms with E-state index in [1.807, 2.05) is 13.0 Å². The molecule has 90 valence electrons. The van der Waals surface area contributed by atoms with Crippen LogP contribution in [0, 0.1) is 6.92 Å². The summed E-state index contributed by atoms with van der Waals surface area (Å²) in [6.07, 6.45) is 1.58. The molecule has 0 bridgehead atoms. The Labute approximate surface area is 106 Å². The highest BCUT2D eigenvalue weighted by atomic mass is 79.9. The molecule has 2 rings (SSSR count). The summed E-state index contributed by atoms with van der Waals surface area (Å²) in [5, 5.41) is 10.8. The van der Waals surface area contributed by atoms with E-state index in [2.05, 4.69) is 31.5 Å². The van der Waals surface area contributed by atoms with E-state index in [0.717, 1.165) is 11.5 Å². The summed E-state index contributed by atoms with van der Waals surface area (Å²) in [7, 11) is 1.60. The van der Waals surface area contributed by atoms with E-state index in [0.29, 0.717) is 16.7 Å². The first-order valence-corrected chi connectivity index (χ1v) is 5.75. The maximum atomic E-state index is 11.6. The molecule has 0 saturated heterocycles. The summed E-state index contributed by atoms with van der Waals surface area (Å²) in [5.74, 6) is 0.753. The van der Waals surface area contributed by atoms with Gasteiger partial charge < -0.3 is 9.84 Å². The standard InChI is InChI=1S/C10H11BrN4O2/c1-6-3-7(14-17-6)4-12-8-5-13-15(2)10(16)9(8)11/h3,5,12H,4H2,1-2H3. The summed E-state index contributed by atoms with van der Waals surface area (Å²) < 4.78 is 6.66. The van der Waals surface area contributed by atoms with E-state index in [9.17, 15) is 4.79 Å². The van der Waals surface area contributed by atoms with E-state index < -0.39 is 0 Å². The Morgan fingerprint density at radius 3 is 3.00 bits per heavy atom. The molecule has 0 radical (unpaired) electrons. The van der Waals surface area contributed by atoms with Crippen LogP contribution in [0.1, 0.15) is 11.5 Å². The third kappa shape index (κ3) is 2.55. The number of aromatic nitrogens is 3. The molecule has 0 saturated carbocycles. The molecule has 2 heterocycles. The molecule has 0 amide bonds. The number of nitrogens with one attached hydrogen (secondary N) is 1. The van der Waals surface area contributed by atoms with Gasteiger partial charge in [-0.2, -0.15) is 5.10 Å². The lowest BCUT2D eigenvalue weighted by Crippen LogP contribution is -2.21. The minimum atomic E-state index is -0.189. The molecule has 17 heavy (non-hydrogen) atoms. The van der Waals surface area contributed by atoms with Crippen molar-refractivity contribution in [3.8, 4) is 0 Å². The predicted molar refractivity (Wildman–Crippen MR) is 65.7 cm³/mol. The molecule has 0 aliphatic rings. The second-order valence-electron chi connectivity index (χ2n) is 3.58. The molecule has 0 spiro atoms. The Bertz CT molecular complexity index is 590. The van der Waals surface area contributed by atoms with Gasteiger partial charge in [-0.25, -0.2) is 4.68 Å². The van der Waals surface area contributed by atoms with Crippen LogP contribution < -0.4 is 10.9 Å². The van der Waals surface area contributed by atoms with Crippen LogP contribution >= 0.6 is 15.9 Å². The van der Waals surface area contributed by atoms with Crippen molar-refractivity contribution in [3.05, 3.63) is 38.5 Å². The highest BCUT2D eigenvalue weighted by Gasteiger charge is 2.07. The number of rotatable bonds is 3. The molecule has 0 atom stereocenters. The van der Waals surface area contributed by atoms with Gasteiger partial charge in [-0.15, -0.1) is 0 Å². The van der Waals surface area contributed by atoms with Crippen molar-refractivity contribution in [2.24, 2.45) is 7.05 Å². The summed E-state index contributed by atoms with van der Waals surface area (Å²) in [6, 6.07) is 1.83. The van der Waals surface area contributed by atoms with Crippen LogP contribution in [0.15, 0.2) is 26.1 Å². The quantitative estimate of drug-likeness (QED) is 0.928. The number of hydrogen-bond acceptors (Lipinski definition) is 5. The van der Waals surface area contributed by atoms with E-state index in [4.69, 9.17) is 4.52 Å². The van der Waals surface area contributed by atoms with Gasteiger partial charge >= 0.3 is 0 Å². The topological polar surface area (TPSA) is 73.0 Å². The van der Waals surface area contributed by atoms with Gasteiger partial charge in [-0.1, -0.05) is 5.16 Å². The first-order chi connectivity index (χ1) is 8.08. The van der Waals surface area contributed by atoms with Gasteiger partial charge in [0.1, 0.15) is 15.9 Å². The Balaban J connectivity index is 2.15. The smallest absolute Gasteiger partial charge is 0.282 e. The summed E-state index contributed by atoms with van der Waals surface area (Å²) >= 11 is 3.23. The van der Waals surface area contributed by atoms with Crippen molar-refractivity contribution in [2.75, 3.05) is 5.32 Å². The Hall–Kier alpha value is -1.63. The second kappa shape index (κ2) is 4.70. The molecule has 7 heteroatoms. The summed E-state index contributed by atoms with van der Waals surface area (Å²) in [6.45, 7) is 2.30. The maximum Gasteiger partial charge on any atom is 0.282 e. The third-order valence-corrected chi connectivity index (χ3v) is 2.98. The molecular formula is C10H11BrN4O2. The molecule has 0 aromatic carbocycles. The fourth-order valence-corrected chi connectivity index (χ4v) is 1.82. The zero-order chi connectivity index (χ0) is 12.4. The van der Waals surface area contributed by atoms with E-state index in [-0.39, 0.29) is 5.56 Å². The molecule has 0 unspecified atom stereocenters. The Morgan fingerprint density at radius 1 is 1.59 bits per heavy atom. The van der Waals surface area contributed by atoms with Gasteiger partial charge in [-0.05, 0) is 22.9 Å². The zero-order valence-electron chi connectivity index (χ0n) is 9.40. The van der Waals surface area contributed by atoms with Crippen LogP contribution in [0.25, 0.3) is 0 Å². The zero-order valence-corrected chi connectivity index (χ0v) is 11.0. The molecular weight excluding hydrogens is 288 g/mol. The largest absolute Gasteiger partial charge is 0.377 e. The van der Waals surface area contributed by atoms with Crippen molar-refractivity contribution in [2.45, 2.75) is 13.5 Å². The van der Waals surface area contributed by atoms with Crippen LogP contribution in [0.5, 0.6) is 0 Å². The number of nitrogens with zero attached hydrogens (tertiary/aromatic N) is 3. The number of anilines is 1. The number of halogens is 1. The van der Waals surface area contributed by atoms with Crippen molar-refractivity contribution in [1.82, 2.24) is 14.9 Å². The molecule has 6 nitrogen and oxygen atoms in total. The van der Waals surface area contributed by atoms with Crippen LogP contribution in [0.2, 0.25) is 0 Å². The van der Waals surface area contributed by atoms with Gasteiger partial charge in [0, 0.05) is 13.1 Å². The molecule has 0 aliphatic carbocycles. The highest BCUT2D eigenvalue weighted by Crippen LogP contribution is 2.16. The second-order valence-corrected chi connectivity index (χ2v) is 4.38. The lowest BCUT2D eigenvalue weighted by molar-refractivity contribution is 0.391. The van der Waals surface area contributed by atoms with Gasteiger partial charge in [-0.3, -0.25) is 4.79 Å². The van der Waals surface area contributed by atoms with Gasteiger partial charge in [0.05, 0.1) is 18.4 Å². The van der Waals surface area contributed by atoms with Crippen LogP contribution in [0.4, 0.5) is 5.69 Å². The van der Waals surface area contributed by atoms with Gasteiger partial charge in [0.2, 0.25) is 0 Å². The van der Waals surface area contributed by atoms with Gasteiger partial charge in [0.25, 0.3) is 5.56 Å². The van der Waals surface area contributed by atoms with E-state index >= 15 is 0 Å². The number of aryl methyl sites for hydroxylation is 2. The fourth-order valence-electron chi connectivity index (χ4n) is 1.32. The van der Waals surface area contributed by atoms with E-state index in [1.165, 1.54) is 4.68 Å². The summed E-state index contributed by atoms with van der Waals surface area (Å²) in [4.78, 5) is 11.6.